The van der Waals surface area contributed by atoms with E-state index in [2.05, 4.69) is 9.97 Å². The minimum Gasteiger partial charge on any atom is -0.386 e. The fourth-order valence-electron chi connectivity index (χ4n) is 6.88. The number of nitriles is 2. The van der Waals surface area contributed by atoms with E-state index in [1.54, 1.807) is 12.4 Å². The number of aliphatic hydroxyl groups is 2. The maximum atomic E-state index is 14.9. The van der Waals surface area contributed by atoms with Crippen molar-refractivity contribution < 1.29 is 36.6 Å². The second-order valence-electron chi connectivity index (χ2n) is 14.9. The van der Waals surface area contributed by atoms with Crippen LogP contribution in [-0.2, 0) is 11.2 Å². The molecular weight excluding hydrogens is 783 g/mol. The molecule has 8 aromatic rings. The zero-order valence-corrected chi connectivity index (χ0v) is 32.2. The Labute approximate surface area is 339 Å². The van der Waals surface area contributed by atoms with E-state index in [0.717, 1.165) is 24.3 Å². The largest absolute Gasteiger partial charge is 0.386 e. The lowest BCUT2D eigenvalue weighted by Gasteiger charge is -2.18. The van der Waals surface area contributed by atoms with Crippen LogP contribution in [0.5, 0.6) is 0 Å². The Morgan fingerprint density at radius 1 is 0.517 bits per heavy atom. The summed E-state index contributed by atoms with van der Waals surface area (Å²) in [6, 6.07) is 22.3. The van der Waals surface area contributed by atoms with Gasteiger partial charge in [-0.3, -0.25) is 8.80 Å². The van der Waals surface area contributed by atoms with Crippen LogP contribution in [0.2, 0.25) is 0 Å². The molecule has 4 aromatic carbocycles. The standard InChI is InChI=1S/2C23H16F3N3O/c2*1-23(2,30)18-7-8-29-20(12-28-22(29)21(18)26)13-3-6-19(25)17(10-13)16-5-4-15(24)9-14(16)11-27/h2*3-10,12,30H,1-2H3. The Kier molecular flexibility index (Phi) is 10.6. The van der Waals surface area contributed by atoms with Crippen LogP contribution in [0.4, 0.5) is 26.3 Å². The maximum Gasteiger partial charge on any atom is 0.174 e. The molecular formula is C46H32F6N6O2. The molecule has 0 radical (unpaired) electrons. The molecule has 4 heterocycles. The number of aromatic nitrogens is 4. The summed E-state index contributed by atoms with van der Waals surface area (Å²) < 4.78 is 88.8. The lowest BCUT2D eigenvalue weighted by atomic mass is 9.97. The number of halogens is 6. The SMILES string of the molecule is CC(C)(O)c1ccn2c(-c3ccc(F)c(-c4ccc(F)cc4C#N)c3)cnc2c1F.CC(C)(O)c1ccn2c(-c3ccc(F)c(-c4ccc(F)cc4C#N)c3)cnc2c1F. The van der Waals surface area contributed by atoms with Gasteiger partial charge in [0.1, 0.15) is 23.3 Å². The number of imidazole rings is 2. The summed E-state index contributed by atoms with van der Waals surface area (Å²) in [4.78, 5) is 8.24. The van der Waals surface area contributed by atoms with Crippen molar-refractivity contribution in [2.45, 2.75) is 38.9 Å². The molecule has 0 aliphatic carbocycles. The van der Waals surface area contributed by atoms with E-state index in [-0.39, 0.29) is 55.8 Å². The number of rotatable bonds is 6. The monoisotopic (exact) mass is 814 g/mol. The van der Waals surface area contributed by atoms with E-state index in [1.165, 1.54) is 110 Å². The highest BCUT2D eigenvalue weighted by Gasteiger charge is 2.26. The normalized spacial score (nSPS) is 11.6. The highest BCUT2D eigenvalue weighted by atomic mass is 19.1. The molecule has 0 fully saturated rings. The molecule has 8 nitrogen and oxygen atoms in total. The van der Waals surface area contributed by atoms with E-state index in [1.807, 2.05) is 12.1 Å². The first-order chi connectivity index (χ1) is 28.4. The Balaban J connectivity index is 0.000000181. The van der Waals surface area contributed by atoms with Gasteiger partial charge in [-0.05, 0) is 100 Å². The van der Waals surface area contributed by atoms with Crippen LogP contribution in [0.3, 0.4) is 0 Å². The minimum absolute atomic E-state index is 0.00468. The van der Waals surface area contributed by atoms with Gasteiger partial charge in [-0.25, -0.2) is 36.3 Å². The van der Waals surface area contributed by atoms with Crippen LogP contribution in [0.25, 0.3) is 56.1 Å². The van der Waals surface area contributed by atoms with Crippen molar-refractivity contribution in [3.8, 4) is 56.9 Å². The molecule has 0 saturated carbocycles. The lowest BCUT2D eigenvalue weighted by molar-refractivity contribution is 0.0740. The van der Waals surface area contributed by atoms with E-state index < -0.39 is 46.1 Å². The Morgan fingerprint density at radius 3 is 1.25 bits per heavy atom. The van der Waals surface area contributed by atoms with Crippen LogP contribution in [0.1, 0.15) is 49.9 Å². The molecule has 0 bridgehead atoms. The maximum absolute atomic E-state index is 14.9. The molecule has 0 unspecified atom stereocenters. The molecule has 14 heteroatoms. The minimum atomic E-state index is -1.38. The van der Waals surface area contributed by atoms with Crippen LogP contribution < -0.4 is 0 Å². The average Bonchev–Trinajstić information content (AvgIpc) is 3.84. The van der Waals surface area contributed by atoms with Gasteiger partial charge in [0.25, 0.3) is 0 Å². The van der Waals surface area contributed by atoms with Crippen molar-refractivity contribution in [2.24, 2.45) is 0 Å². The molecule has 4 aromatic heterocycles. The number of fused-ring (bicyclic) bond motifs is 2. The number of pyridine rings is 2. The Morgan fingerprint density at radius 2 is 0.900 bits per heavy atom. The molecule has 0 spiro atoms. The number of nitrogens with zero attached hydrogens (tertiary/aromatic N) is 6. The first kappa shape index (κ1) is 40.9. The number of hydrogen-bond acceptors (Lipinski definition) is 6. The molecule has 0 aliphatic rings. The molecule has 8 rings (SSSR count). The van der Waals surface area contributed by atoms with Gasteiger partial charge in [0.2, 0.25) is 0 Å². The highest BCUT2D eigenvalue weighted by Crippen LogP contribution is 2.35. The first-order valence-corrected chi connectivity index (χ1v) is 18.2. The molecule has 0 aliphatic heterocycles. The van der Waals surface area contributed by atoms with Crippen LogP contribution in [0.15, 0.2) is 110 Å². The van der Waals surface area contributed by atoms with Crippen LogP contribution >= 0.6 is 0 Å². The topological polar surface area (TPSA) is 123 Å². The van der Waals surface area contributed by atoms with Gasteiger partial charge in [-0.1, -0.05) is 12.1 Å². The summed E-state index contributed by atoms with van der Waals surface area (Å²) in [6.07, 6.45) is 6.05. The smallest absolute Gasteiger partial charge is 0.174 e. The second-order valence-corrected chi connectivity index (χ2v) is 14.9. The third-order valence-corrected chi connectivity index (χ3v) is 9.87. The van der Waals surface area contributed by atoms with Crippen molar-refractivity contribution >= 4 is 11.3 Å². The van der Waals surface area contributed by atoms with Crippen LogP contribution in [-0.4, -0.2) is 29.0 Å². The third kappa shape index (κ3) is 7.57. The predicted molar refractivity (Wildman–Crippen MR) is 212 cm³/mol. The van der Waals surface area contributed by atoms with Gasteiger partial charge in [-0.2, -0.15) is 10.5 Å². The molecule has 300 valence electrons. The average molecular weight is 815 g/mol. The second kappa shape index (κ2) is 15.5. The summed E-state index contributed by atoms with van der Waals surface area (Å²) in [5.74, 6) is -3.64. The Hall–Kier alpha value is -7.26. The third-order valence-electron chi connectivity index (χ3n) is 9.87. The summed E-state index contributed by atoms with van der Waals surface area (Å²) >= 11 is 0. The van der Waals surface area contributed by atoms with E-state index >= 15 is 0 Å². The van der Waals surface area contributed by atoms with Crippen molar-refractivity contribution in [2.75, 3.05) is 0 Å². The van der Waals surface area contributed by atoms with Crippen molar-refractivity contribution in [1.82, 2.24) is 18.8 Å². The fraction of sp³-hybridized carbons (Fsp3) is 0.130. The summed E-state index contributed by atoms with van der Waals surface area (Å²) in [7, 11) is 0. The van der Waals surface area contributed by atoms with Crippen molar-refractivity contribution in [1.29, 1.82) is 10.5 Å². The zero-order chi connectivity index (χ0) is 43.3. The number of hydrogen-bond donors (Lipinski definition) is 2. The summed E-state index contributed by atoms with van der Waals surface area (Å²) in [5.41, 5.74) is 0.305. The lowest BCUT2D eigenvalue weighted by Crippen LogP contribution is -2.18. The van der Waals surface area contributed by atoms with Gasteiger partial charge >= 0.3 is 0 Å². The highest BCUT2D eigenvalue weighted by molar-refractivity contribution is 5.78. The molecule has 0 saturated heterocycles. The van der Waals surface area contributed by atoms with Gasteiger partial charge in [0.05, 0.1) is 58.2 Å². The van der Waals surface area contributed by atoms with Gasteiger partial charge in [-0.15, -0.1) is 0 Å². The van der Waals surface area contributed by atoms with E-state index in [9.17, 15) is 47.1 Å². The van der Waals surface area contributed by atoms with E-state index in [0.29, 0.717) is 22.5 Å². The summed E-state index contributed by atoms with van der Waals surface area (Å²) in [5, 5.41) is 38.9. The fourth-order valence-corrected chi connectivity index (χ4v) is 6.88. The van der Waals surface area contributed by atoms with Crippen molar-refractivity contribution in [3.63, 3.8) is 0 Å². The molecule has 60 heavy (non-hydrogen) atoms. The Bertz CT molecular complexity index is 2870. The number of benzene rings is 4. The predicted octanol–water partition coefficient (Wildman–Crippen LogP) is 10.4. The molecule has 0 atom stereocenters. The first-order valence-electron chi connectivity index (χ1n) is 18.2. The molecule has 2 N–H and O–H groups in total. The van der Waals surface area contributed by atoms with Crippen molar-refractivity contribution in [3.05, 3.63) is 167 Å². The van der Waals surface area contributed by atoms with Gasteiger partial charge in [0.15, 0.2) is 22.9 Å². The van der Waals surface area contributed by atoms with Gasteiger partial charge < -0.3 is 10.2 Å². The quantitative estimate of drug-likeness (QED) is 0.161. The van der Waals surface area contributed by atoms with E-state index in [4.69, 9.17) is 0 Å². The zero-order valence-electron chi connectivity index (χ0n) is 32.2. The van der Waals surface area contributed by atoms with Gasteiger partial charge in [0, 0.05) is 56.9 Å². The molecule has 0 amide bonds. The summed E-state index contributed by atoms with van der Waals surface area (Å²) in [6.45, 7) is 5.92. The van der Waals surface area contributed by atoms with Crippen LogP contribution in [0, 0.1) is 57.6 Å².